The quantitative estimate of drug-likeness (QED) is 0.402. The predicted octanol–water partition coefficient (Wildman–Crippen LogP) is -0.0797. The Morgan fingerprint density at radius 1 is 1.80 bits per heavy atom. The maximum absolute atomic E-state index is 11.0. The molecule has 0 spiro atoms. The molecular formula is C8H10N4O3. The highest BCUT2D eigenvalue weighted by Crippen LogP contribution is 1.94. The van der Waals surface area contributed by atoms with Crippen LogP contribution >= 0.6 is 0 Å². The van der Waals surface area contributed by atoms with Crippen LogP contribution in [-0.2, 0) is 9.53 Å². The molecule has 0 unspecified atom stereocenters. The first-order valence-corrected chi connectivity index (χ1v) is 4.15. The van der Waals surface area contributed by atoms with Gasteiger partial charge in [0, 0.05) is 6.07 Å². The average Bonchev–Trinajstić information content (AvgIpc) is 2.70. The summed E-state index contributed by atoms with van der Waals surface area (Å²) in [6.45, 7) is 1.82. The standard InChI is InChI=1S/C8H10N4O3/c1-2-14-8(13)7(10)11-6(9)5-3-4-15-12-5/h3-4H,2H2,1H3,(H3,9,10,11). The zero-order chi connectivity index (χ0) is 11.3. The fourth-order valence-corrected chi connectivity index (χ4v) is 0.767. The van der Waals surface area contributed by atoms with Gasteiger partial charge in [-0.2, -0.15) is 0 Å². The number of aliphatic imine (C=N–C) groups is 1. The van der Waals surface area contributed by atoms with Gasteiger partial charge in [-0.3, -0.25) is 5.41 Å². The number of carbonyl (C=O) groups is 1. The van der Waals surface area contributed by atoms with Crippen molar-refractivity contribution in [3.05, 3.63) is 18.0 Å². The summed E-state index contributed by atoms with van der Waals surface area (Å²) >= 11 is 0. The van der Waals surface area contributed by atoms with Crippen molar-refractivity contribution in [2.45, 2.75) is 6.92 Å². The normalized spacial score (nSPS) is 11.1. The first-order chi connectivity index (χ1) is 7.15. The van der Waals surface area contributed by atoms with Gasteiger partial charge in [-0.15, -0.1) is 0 Å². The van der Waals surface area contributed by atoms with E-state index in [1.54, 1.807) is 6.92 Å². The van der Waals surface area contributed by atoms with Crippen LogP contribution in [0.25, 0.3) is 0 Å². The molecule has 7 heteroatoms. The minimum Gasteiger partial charge on any atom is -0.460 e. The summed E-state index contributed by atoms with van der Waals surface area (Å²) < 4.78 is 9.08. The Hall–Kier alpha value is -2.18. The van der Waals surface area contributed by atoms with Crippen LogP contribution in [0.15, 0.2) is 21.8 Å². The van der Waals surface area contributed by atoms with Crippen LogP contribution in [-0.4, -0.2) is 29.4 Å². The van der Waals surface area contributed by atoms with Crippen molar-refractivity contribution in [2.75, 3.05) is 6.61 Å². The molecule has 80 valence electrons. The number of hydrogen-bond acceptors (Lipinski definition) is 5. The monoisotopic (exact) mass is 210 g/mol. The van der Waals surface area contributed by atoms with E-state index in [0.29, 0.717) is 0 Å². The summed E-state index contributed by atoms with van der Waals surface area (Å²) in [6.07, 6.45) is 1.31. The molecule has 0 aliphatic carbocycles. The van der Waals surface area contributed by atoms with E-state index >= 15 is 0 Å². The highest BCUT2D eigenvalue weighted by Gasteiger charge is 2.11. The fraction of sp³-hybridized carbons (Fsp3) is 0.250. The Morgan fingerprint density at radius 2 is 2.53 bits per heavy atom. The Balaban J connectivity index is 2.71. The summed E-state index contributed by atoms with van der Waals surface area (Å²) in [5.41, 5.74) is 5.72. The van der Waals surface area contributed by atoms with Gasteiger partial charge in [0.25, 0.3) is 0 Å². The number of carbonyl (C=O) groups excluding carboxylic acids is 1. The van der Waals surface area contributed by atoms with E-state index in [4.69, 9.17) is 11.1 Å². The third-order valence-corrected chi connectivity index (χ3v) is 1.40. The molecule has 0 fully saturated rings. The van der Waals surface area contributed by atoms with Gasteiger partial charge in [0.15, 0.2) is 5.84 Å². The minimum atomic E-state index is -0.830. The Morgan fingerprint density at radius 3 is 3.07 bits per heavy atom. The van der Waals surface area contributed by atoms with E-state index in [1.165, 1.54) is 12.3 Å². The molecule has 0 amide bonds. The van der Waals surface area contributed by atoms with E-state index in [0.717, 1.165) is 0 Å². The molecule has 0 aliphatic rings. The van der Waals surface area contributed by atoms with Crippen molar-refractivity contribution in [1.82, 2.24) is 5.16 Å². The van der Waals surface area contributed by atoms with Crippen molar-refractivity contribution in [3.8, 4) is 0 Å². The smallest absolute Gasteiger partial charge is 0.375 e. The van der Waals surface area contributed by atoms with E-state index in [2.05, 4.69) is 19.4 Å². The molecule has 0 aliphatic heterocycles. The van der Waals surface area contributed by atoms with Crippen LogP contribution in [0.3, 0.4) is 0 Å². The second kappa shape index (κ2) is 4.89. The molecule has 15 heavy (non-hydrogen) atoms. The first-order valence-electron chi connectivity index (χ1n) is 4.15. The molecule has 1 rings (SSSR count). The van der Waals surface area contributed by atoms with Crippen LogP contribution in [0.4, 0.5) is 0 Å². The second-order valence-corrected chi connectivity index (χ2v) is 2.45. The predicted molar refractivity (Wildman–Crippen MR) is 51.6 cm³/mol. The molecule has 0 saturated carbocycles. The number of ether oxygens (including phenoxy) is 1. The number of nitrogens with one attached hydrogen (secondary N) is 1. The van der Waals surface area contributed by atoms with Gasteiger partial charge < -0.3 is 15.0 Å². The van der Waals surface area contributed by atoms with Crippen LogP contribution in [0, 0.1) is 5.41 Å². The number of rotatable bonds is 2. The molecule has 1 aromatic rings. The fourth-order valence-electron chi connectivity index (χ4n) is 0.767. The highest BCUT2D eigenvalue weighted by atomic mass is 16.5. The Labute approximate surface area is 85.4 Å². The third-order valence-electron chi connectivity index (χ3n) is 1.40. The lowest BCUT2D eigenvalue weighted by Gasteiger charge is -1.99. The second-order valence-electron chi connectivity index (χ2n) is 2.45. The molecular weight excluding hydrogens is 200 g/mol. The zero-order valence-corrected chi connectivity index (χ0v) is 8.06. The molecule has 3 N–H and O–H groups in total. The number of hydrogen-bond donors (Lipinski definition) is 2. The van der Waals surface area contributed by atoms with E-state index in [9.17, 15) is 4.79 Å². The lowest BCUT2D eigenvalue weighted by molar-refractivity contribution is -0.135. The number of nitrogens with zero attached hydrogens (tertiary/aromatic N) is 2. The molecule has 7 nitrogen and oxygen atoms in total. The number of nitrogens with two attached hydrogens (primary N) is 1. The van der Waals surface area contributed by atoms with Crippen molar-refractivity contribution < 1.29 is 14.1 Å². The van der Waals surface area contributed by atoms with Gasteiger partial charge in [-0.05, 0) is 6.92 Å². The zero-order valence-electron chi connectivity index (χ0n) is 8.06. The lowest BCUT2D eigenvalue weighted by atomic mass is 10.4. The summed E-state index contributed by atoms with van der Waals surface area (Å²) in [5, 5.41) is 10.7. The van der Waals surface area contributed by atoms with Crippen molar-refractivity contribution >= 4 is 17.6 Å². The van der Waals surface area contributed by atoms with Crippen molar-refractivity contribution in [2.24, 2.45) is 10.7 Å². The number of aromatic nitrogens is 1. The molecule has 0 radical (unpaired) electrons. The van der Waals surface area contributed by atoms with Crippen LogP contribution in [0.5, 0.6) is 0 Å². The number of amidine groups is 2. The summed E-state index contributed by atoms with van der Waals surface area (Å²) in [7, 11) is 0. The van der Waals surface area contributed by atoms with Gasteiger partial charge in [0.1, 0.15) is 12.0 Å². The highest BCUT2D eigenvalue weighted by molar-refractivity contribution is 6.36. The first kappa shape index (κ1) is 10.9. The summed E-state index contributed by atoms with van der Waals surface area (Å²) in [6, 6.07) is 1.47. The van der Waals surface area contributed by atoms with E-state index in [-0.39, 0.29) is 18.1 Å². The van der Waals surface area contributed by atoms with Gasteiger partial charge in [-0.1, -0.05) is 5.16 Å². The third kappa shape index (κ3) is 2.90. The van der Waals surface area contributed by atoms with Crippen LogP contribution in [0.2, 0.25) is 0 Å². The molecule has 1 aromatic heterocycles. The largest absolute Gasteiger partial charge is 0.460 e. The van der Waals surface area contributed by atoms with Gasteiger partial charge in [0.2, 0.25) is 5.84 Å². The Bertz CT molecular complexity index is 383. The molecule has 0 atom stereocenters. The van der Waals surface area contributed by atoms with E-state index in [1.807, 2.05) is 0 Å². The molecule has 0 saturated heterocycles. The topological polar surface area (TPSA) is 115 Å². The maximum Gasteiger partial charge on any atom is 0.375 e. The van der Waals surface area contributed by atoms with Crippen molar-refractivity contribution in [1.29, 1.82) is 5.41 Å². The van der Waals surface area contributed by atoms with Gasteiger partial charge >= 0.3 is 5.97 Å². The molecule has 0 bridgehead atoms. The Kier molecular flexibility index (Phi) is 3.55. The van der Waals surface area contributed by atoms with Crippen LogP contribution < -0.4 is 5.73 Å². The minimum absolute atomic E-state index is 0.0678. The number of esters is 1. The van der Waals surface area contributed by atoms with Crippen molar-refractivity contribution in [3.63, 3.8) is 0 Å². The lowest BCUT2D eigenvalue weighted by Crippen LogP contribution is -2.21. The van der Waals surface area contributed by atoms with Crippen LogP contribution in [0.1, 0.15) is 12.6 Å². The average molecular weight is 210 g/mol. The van der Waals surface area contributed by atoms with Gasteiger partial charge in [-0.25, -0.2) is 9.79 Å². The summed E-state index contributed by atoms with van der Waals surface area (Å²) in [4.78, 5) is 14.5. The molecule has 1 heterocycles. The maximum atomic E-state index is 11.0. The van der Waals surface area contributed by atoms with Gasteiger partial charge in [0.05, 0.1) is 6.61 Å². The van der Waals surface area contributed by atoms with E-state index < -0.39 is 11.8 Å². The SMILES string of the molecule is CCOC(=O)C(=N)/N=C(\N)c1ccon1. The summed E-state index contributed by atoms with van der Waals surface area (Å²) in [5.74, 6) is -1.47. The molecule has 0 aromatic carbocycles.